The lowest BCUT2D eigenvalue weighted by Gasteiger charge is -2.31. The average molecular weight is 350 g/mol. The van der Waals surface area contributed by atoms with Gasteiger partial charge in [0.2, 0.25) is 0 Å². The van der Waals surface area contributed by atoms with Crippen LogP contribution in [0.5, 0.6) is 0 Å². The molecule has 0 unspecified atom stereocenters. The molecule has 0 atom stereocenters. The smallest absolute Gasteiger partial charge is 0.170 e. The van der Waals surface area contributed by atoms with E-state index in [1.807, 2.05) is 6.07 Å². The highest BCUT2D eigenvalue weighted by atomic mass is 32.1. The van der Waals surface area contributed by atoms with Gasteiger partial charge in [-0.05, 0) is 24.4 Å². The minimum atomic E-state index is 0.670. The summed E-state index contributed by atoms with van der Waals surface area (Å²) < 4.78 is 10.8. The third kappa shape index (κ3) is 5.04. The summed E-state index contributed by atoms with van der Waals surface area (Å²) in [5.41, 5.74) is 2.22. The number of hydrogen-bond acceptors (Lipinski definition) is 5. The molecular formula is C17H26N4O2S. The van der Waals surface area contributed by atoms with Gasteiger partial charge >= 0.3 is 0 Å². The van der Waals surface area contributed by atoms with Crippen LogP contribution >= 0.6 is 12.2 Å². The molecule has 0 saturated carbocycles. The first-order valence-corrected chi connectivity index (χ1v) is 9.00. The molecular weight excluding hydrogens is 324 g/mol. The Labute approximate surface area is 149 Å². The zero-order valence-electron chi connectivity index (χ0n) is 14.0. The van der Waals surface area contributed by atoms with Gasteiger partial charge in [0.15, 0.2) is 5.11 Å². The topological polar surface area (TPSA) is 49.0 Å². The first kappa shape index (κ1) is 17.4. The SMILES string of the molecule is S=C(NCCN1CCOCC1)Nc1ccccc1N1CCOCC1. The maximum atomic E-state index is 5.46. The normalized spacial score (nSPS) is 19.1. The average Bonchev–Trinajstić information content (AvgIpc) is 2.64. The van der Waals surface area contributed by atoms with Crippen LogP contribution in [0.3, 0.4) is 0 Å². The zero-order valence-corrected chi connectivity index (χ0v) is 14.8. The van der Waals surface area contributed by atoms with Crippen molar-refractivity contribution in [3.8, 4) is 0 Å². The van der Waals surface area contributed by atoms with Crippen LogP contribution in [0.2, 0.25) is 0 Å². The number of benzene rings is 1. The van der Waals surface area contributed by atoms with Gasteiger partial charge in [-0.15, -0.1) is 0 Å². The van der Waals surface area contributed by atoms with E-state index in [1.165, 1.54) is 5.69 Å². The lowest BCUT2D eigenvalue weighted by molar-refractivity contribution is 0.0389. The fraction of sp³-hybridized carbons (Fsp3) is 0.588. The quantitative estimate of drug-likeness (QED) is 0.773. The van der Waals surface area contributed by atoms with Gasteiger partial charge in [-0.25, -0.2) is 0 Å². The maximum Gasteiger partial charge on any atom is 0.170 e. The predicted molar refractivity (Wildman–Crippen MR) is 101 cm³/mol. The molecule has 0 bridgehead atoms. The molecule has 1 aromatic carbocycles. The summed E-state index contributed by atoms with van der Waals surface area (Å²) in [6, 6.07) is 8.29. The van der Waals surface area contributed by atoms with Gasteiger partial charge in [0.1, 0.15) is 0 Å². The first-order chi connectivity index (χ1) is 11.8. The number of morpholine rings is 2. The number of hydrogen-bond donors (Lipinski definition) is 2. The van der Waals surface area contributed by atoms with Gasteiger partial charge < -0.3 is 25.0 Å². The van der Waals surface area contributed by atoms with Gasteiger partial charge in [0, 0.05) is 39.3 Å². The lowest BCUT2D eigenvalue weighted by atomic mass is 10.2. The summed E-state index contributed by atoms with van der Waals surface area (Å²) in [7, 11) is 0. The highest BCUT2D eigenvalue weighted by molar-refractivity contribution is 7.80. The molecule has 2 aliphatic rings. The summed E-state index contributed by atoms with van der Waals surface area (Å²) in [6.07, 6.45) is 0. The van der Waals surface area contributed by atoms with Gasteiger partial charge in [0.25, 0.3) is 0 Å². The molecule has 2 N–H and O–H groups in total. The van der Waals surface area contributed by atoms with Crippen molar-refractivity contribution in [3.63, 3.8) is 0 Å². The highest BCUT2D eigenvalue weighted by Crippen LogP contribution is 2.26. The van der Waals surface area contributed by atoms with Crippen LogP contribution in [-0.4, -0.2) is 75.7 Å². The molecule has 2 aliphatic heterocycles. The number of thiocarbonyl (C=S) groups is 1. The second-order valence-corrected chi connectivity index (χ2v) is 6.36. The first-order valence-electron chi connectivity index (χ1n) is 8.59. The van der Waals surface area contributed by atoms with Crippen molar-refractivity contribution < 1.29 is 9.47 Å². The van der Waals surface area contributed by atoms with Crippen LogP contribution in [0.1, 0.15) is 0 Å². The second kappa shape index (κ2) is 9.17. The molecule has 2 saturated heterocycles. The molecule has 0 spiro atoms. The van der Waals surface area contributed by atoms with Crippen LogP contribution in [0.4, 0.5) is 11.4 Å². The van der Waals surface area contributed by atoms with E-state index in [-0.39, 0.29) is 0 Å². The molecule has 7 heteroatoms. The third-order valence-electron chi connectivity index (χ3n) is 4.32. The van der Waals surface area contributed by atoms with E-state index in [0.29, 0.717) is 5.11 Å². The summed E-state index contributed by atoms with van der Waals surface area (Å²) >= 11 is 5.46. The van der Waals surface area contributed by atoms with Gasteiger partial charge in [-0.2, -0.15) is 0 Å². The molecule has 132 valence electrons. The van der Waals surface area contributed by atoms with Crippen molar-refractivity contribution >= 4 is 28.7 Å². The van der Waals surface area contributed by atoms with Crippen molar-refractivity contribution in [2.24, 2.45) is 0 Å². The molecule has 0 aliphatic carbocycles. The Morgan fingerprint density at radius 1 is 1.00 bits per heavy atom. The molecule has 0 aromatic heterocycles. The van der Waals surface area contributed by atoms with Crippen molar-refractivity contribution in [2.45, 2.75) is 0 Å². The molecule has 6 nitrogen and oxygen atoms in total. The Hall–Kier alpha value is -1.41. The van der Waals surface area contributed by atoms with Crippen molar-refractivity contribution in [1.29, 1.82) is 0 Å². The Kier molecular flexibility index (Phi) is 6.66. The monoisotopic (exact) mass is 350 g/mol. The number of nitrogens with zero attached hydrogens (tertiary/aromatic N) is 2. The highest BCUT2D eigenvalue weighted by Gasteiger charge is 2.15. The van der Waals surface area contributed by atoms with E-state index in [0.717, 1.165) is 71.4 Å². The number of nitrogens with one attached hydrogen (secondary N) is 2. The number of rotatable bonds is 5. The minimum Gasteiger partial charge on any atom is -0.379 e. The molecule has 0 amide bonds. The fourth-order valence-electron chi connectivity index (χ4n) is 2.98. The summed E-state index contributed by atoms with van der Waals surface area (Å²) in [5, 5.41) is 7.31. The third-order valence-corrected chi connectivity index (χ3v) is 4.57. The predicted octanol–water partition coefficient (Wildman–Crippen LogP) is 1.14. The van der Waals surface area contributed by atoms with E-state index < -0.39 is 0 Å². The van der Waals surface area contributed by atoms with Gasteiger partial charge in [-0.3, -0.25) is 4.90 Å². The Bertz CT molecular complexity index is 531. The summed E-state index contributed by atoms with van der Waals surface area (Å²) in [5.74, 6) is 0. The molecule has 3 rings (SSSR count). The van der Waals surface area contributed by atoms with Crippen LogP contribution in [0, 0.1) is 0 Å². The van der Waals surface area contributed by atoms with E-state index >= 15 is 0 Å². The fourth-order valence-corrected chi connectivity index (χ4v) is 3.19. The zero-order chi connectivity index (χ0) is 16.6. The molecule has 2 fully saturated rings. The van der Waals surface area contributed by atoms with Crippen molar-refractivity contribution in [2.75, 3.05) is 75.9 Å². The molecule has 0 radical (unpaired) electrons. The molecule has 1 aromatic rings. The Morgan fingerprint density at radius 2 is 1.67 bits per heavy atom. The second-order valence-electron chi connectivity index (χ2n) is 5.95. The lowest BCUT2D eigenvalue weighted by Crippen LogP contribution is -2.42. The van der Waals surface area contributed by atoms with Crippen LogP contribution in [-0.2, 0) is 9.47 Å². The molecule has 24 heavy (non-hydrogen) atoms. The number of para-hydroxylation sites is 2. The van der Waals surface area contributed by atoms with E-state index in [9.17, 15) is 0 Å². The standard InChI is InChI=1S/C17H26N4O2S/c24-17(18-5-6-20-7-11-22-12-8-20)19-15-3-1-2-4-16(15)21-9-13-23-14-10-21/h1-4H,5-14H2,(H2,18,19,24). The summed E-state index contributed by atoms with van der Waals surface area (Å²) in [6.45, 7) is 8.86. The van der Waals surface area contributed by atoms with Gasteiger partial charge in [0.05, 0.1) is 37.8 Å². The Balaban J connectivity index is 1.48. The van der Waals surface area contributed by atoms with E-state index in [1.54, 1.807) is 0 Å². The van der Waals surface area contributed by atoms with Crippen LogP contribution in [0.25, 0.3) is 0 Å². The maximum absolute atomic E-state index is 5.46. The van der Waals surface area contributed by atoms with Crippen molar-refractivity contribution in [1.82, 2.24) is 10.2 Å². The number of anilines is 2. The summed E-state index contributed by atoms with van der Waals surface area (Å²) in [4.78, 5) is 4.73. The van der Waals surface area contributed by atoms with Gasteiger partial charge in [-0.1, -0.05) is 12.1 Å². The minimum absolute atomic E-state index is 0.670. The van der Waals surface area contributed by atoms with E-state index in [4.69, 9.17) is 21.7 Å². The van der Waals surface area contributed by atoms with E-state index in [2.05, 4.69) is 38.6 Å². The van der Waals surface area contributed by atoms with Crippen LogP contribution in [0.15, 0.2) is 24.3 Å². The largest absolute Gasteiger partial charge is 0.379 e. The van der Waals surface area contributed by atoms with Crippen molar-refractivity contribution in [3.05, 3.63) is 24.3 Å². The number of ether oxygens (including phenoxy) is 2. The Morgan fingerprint density at radius 3 is 2.42 bits per heavy atom. The molecule has 2 heterocycles. The van der Waals surface area contributed by atoms with Crippen LogP contribution < -0.4 is 15.5 Å².